The molecule has 3 aromatic rings. The summed E-state index contributed by atoms with van der Waals surface area (Å²) in [5.41, 5.74) is 5.88. The first-order chi connectivity index (χ1) is 10.2. The van der Waals surface area contributed by atoms with Crippen molar-refractivity contribution < 1.29 is 4.42 Å². The number of nitrogens with two attached hydrogens (primary N) is 1. The minimum absolute atomic E-state index is 0.181. The smallest absolute Gasteiger partial charge is 0.277 e. The molecule has 110 valence electrons. The summed E-state index contributed by atoms with van der Waals surface area (Å²) < 4.78 is 6.62. The first-order valence-corrected chi connectivity index (χ1v) is 8.03. The Labute approximate surface area is 127 Å². The van der Waals surface area contributed by atoms with E-state index in [9.17, 15) is 4.79 Å². The molecular formula is C11H12N6O2S2. The quantitative estimate of drug-likeness (QED) is 0.687. The van der Waals surface area contributed by atoms with Crippen molar-refractivity contribution in [2.45, 2.75) is 30.9 Å². The molecule has 21 heavy (non-hydrogen) atoms. The van der Waals surface area contributed by atoms with Crippen LogP contribution in [0.3, 0.4) is 0 Å². The maximum Gasteiger partial charge on any atom is 0.277 e. The first-order valence-electron chi connectivity index (χ1n) is 6.23. The summed E-state index contributed by atoms with van der Waals surface area (Å²) in [6.07, 6.45) is 0.779. The third-order valence-corrected chi connectivity index (χ3v) is 4.51. The van der Waals surface area contributed by atoms with E-state index >= 15 is 0 Å². The maximum atomic E-state index is 12.0. The van der Waals surface area contributed by atoms with E-state index in [-0.39, 0.29) is 12.1 Å². The molecule has 2 N–H and O–H groups in total. The van der Waals surface area contributed by atoms with E-state index in [1.807, 2.05) is 6.92 Å². The topological polar surface area (TPSA) is 112 Å². The van der Waals surface area contributed by atoms with Crippen LogP contribution in [0.1, 0.15) is 23.5 Å². The number of aromatic nitrogens is 5. The Morgan fingerprint density at radius 3 is 3.05 bits per heavy atom. The van der Waals surface area contributed by atoms with E-state index in [0.29, 0.717) is 27.5 Å². The fraction of sp³-hybridized carbons (Fsp3) is 0.364. The second-order valence-corrected chi connectivity index (χ2v) is 6.05. The average molecular weight is 324 g/mol. The summed E-state index contributed by atoms with van der Waals surface area (Å²) >= 11 is 2.74. The fourth-order valence-corrected chi connectivity index (χ4v) is 3.16. The fourth-order valence-electron chi connectivity index (χ4n) is 1.63. The van der Waals surface area contributed by atoms with E-state index in [1.54, 1.807) is 0 Å². The Kier molecular flexibility index (Phi) is 3.99. The first kappa shape index (κ1) is 14.2. The zero-order valence-corrected chi connectivity index (χ0v) is 12.8. The summed E-state index contributed by atoms with van der Waals surface area (Å²) in [6, 6.07) is 1.47. The van der Waals surface area contributed by atoms with Gasteiger partial charge in [0.15, 0.2) is 0 Å². The highest BCUT2D eigenvalue weighted by Gasteiger charge is 2.10. The molecule has 0 radical (unpaired) electrons. The highest BCUT2D eigenvalue weighted by molar-refractivity contribution is 7.98. The van der Waals surface area contributed by atoms with Gasteiger partial charge in [0.1, 0.15) is 5.01 Å². The maximum absolute atomic E-state index is 12.0. The normalized spacial score (nSPS) is 11.3. The zero-order chi connectivity index (χ0) is 14.8. The Morgan fingerprint density at radius 1 is 1.48 bits per heavy atom. The van der Waals surface area contributed by atoms with Gasteiger partial charge in [-0.05, 0) is 6.42 Å². The molecule has 3 heterocycles. The molecule has 0 spiro atoms. The summed E-state index contributed by atoms with van der Waals surface area (Å²) in [5.74, 6) is 0.855. The molecule has 3 rings (SSSR count). The molecule has 8 nitrogen and oxygen atoms in total. The predicted octanol–water partition coefficient (Wildman–Crippen LogP) is 0.847. The monoisotopic (exact) mass is 324 g/mol. The lowest BCUT2D eigenvalue weighted by atomic mass is 10.4. The predicted molar refractivity (Wildman–Crippen MR) is 78.3 cm³/mol. The van der Waals surface area contributed by atoms with E-state index in [1.165, 1.54) is 33.7 Å². The van der Waals surface area contributed by atoms with Crippen LogP contribution in [0.15, 0.2) is 20.5 Å². The second kappa shape index (κ2) is 5.92. The standard InChI is InChI=1S/C11H12N6O2S2/c1-2-8-16-17-9(18)3-6(13-10(17)21-8)5-20-11-15-14-7(4-12)19-11/h3H,2,4-5,12H2,1H3. The Morgan fingerprint density at radius 2 is 2.33 bits per heavy atom. The van der Waals surface area contributed by atoms with Gasteiger partial charge in [0, 0.05) is 11.8 Å². The summed E-state index contributed by atoms with van der Waals surface area (Å²) in [7, 11) is 0. The molecule has 0 saturated carbocycles. The number of aryl methyl sites for hydroxylation is 1. The lowest BCUT2D eigenvalue weighted by Crippen LogP contribution is -2.15. The van der Waals surface area contributed by atoms with Crippen molar-refractivity contribution in [3.05, 3.63) is 33.0 Å². The molecule has 0 aliphatic carbocycles. The van der Waals surface area contributed by atoms with Gasteiger partial charge < -0.3 is 10.2 Å². The minimum Gasteiger partial charge on any atom is -0.415 e. The minimum atomic E-state index is -0.181. The molecule has 0 bridgehead atoms. The van der Waals surface area contributed by atoms with Gasteiger partial charge in [-0.1, -0.05) is 30.0 Å². The van der Waals surface area contributed by atoms with Gasteiger partial charge in [-0.25, -0.2) is 4.98 Å². The highest BCUT2D eigenvalue weighted by Crippen LogP contribution is 2.21. The van der Waals surface area contributed by atoms with Crippen LogP contribution in [0.2, 0.25) is 0 Å². The second-order valence-electron chi connectivity index (χ2n) is 4.08. The van der Waals surface area contributed by atoms with Crippen LogP contribution in [0.25, 0.3) is 4.96 Å². The van der Waals surface area contributed by atoms with Crippen molar-refractivity contribution in [3.8, 4) is 0 Å². The molecule has 0 unspecified atom stereocenters. The van der Waals surface area contributed by atoms with Gasteiger partial charge in [0.25, 0.3) is 10.8 Å². The van der Waals surface area contributed by atoms with E-state index in [0.717, 1.165) is 11.4 Å². The van der Waals surface area contributed by atoms with Gasteiger partial charge in [0.05, 0.1) is 12.2 Å². The van der Waals surface area contributed by atoms with Gasteiger partial charge in [0.2, 0.25) is 10.9 Å². The highest BCUT2D eigenvalue weighted by atomic mass is 32.2. The number of rotatable bonds is 5. The van der Waals surface area contributed by atoms with E-state index in [4.69, 9.17) is 10.2 Å². The van der Waals surface area contributed by atoms with Gasteiger partial charge in [-0.3, -0.25) is 4.79 Å². The van der Waals surface area contributed by atoms with Crippen LogP contribution in [-0.2, 0) is 18.7 Å². The van der Waals surface area contributed by atoms with Crippen molar-refractivity contribution in [3.63, 3.8) is 0 Å². The third kappa shape index (κ3) is 2.96. The van der Waals surface area contributed by atoms with E-state index in [2.05, 4.69) is 20.3 Å². The van der Waals surface area contributed by atoms with Crippen LogP contribution in [0.5, 0.6) is 0 Å². The molecule has 10 heteroatoms. The van der Waals surface area contributed by atoms with Crippen molar-refractivity contribution in [2.75, 3.05) is 0 Å². The molecular weight excluding hydrogens is 312 g/mol. The zero-order valence-electron chi connectivity index (χ0n) is 11.1. The largest absolute Gasteiger partial charge is 0.415 e. The Hall–Kier alpha value is -1.78. The molecule has 0 aliphatic rings. The van der Waals surface area contributed by atoms with Gasteiger partial charge in [-0.15, -0.1) is 10.2 Å². The van der Waals surface area contributed by atoms with Crippen LogP contribution in [0, 0.1) is 0 Å². The van der Waals surface area contributed by atoms with Crippen LogP contribution < -0.4 is 11.3 Å². The molecule has 0 aliphatic heterocycles. The van der Waals surface area contributed by atoms with Crippen LogP contribution in [-0.4, -0.2) is 24.8 Å². The number of hydrogen-bond donors (Lipinski definition) is 1. The average Bonchev–Trinajstić information content (AvgIpc) is 3.11. The van der Waals surface area contributed by atoms with Crippen molar-refractivity contribution in [1.29, 1.82) is 0 Å². The lowest BCUT2D eigenvalue weighted by molar-refractivity contribution is 0.414. The van der Waals surface area contributed by atoms with Gasteiger partial charge >= 0.3 is 0 Å². The van der Waals surface area contributed by atoms with E-state index < -0.39 is 0 Å². The number of fused-ring (bicyclic) bond motifs is 1. The molecule has 0 saturated heterocycles. The SMILES string of the molecule is CCc1nn2c(=O)cc(CSc3nnc(CN)o3)nc2s1. The molecule has 0 atom stereocenters. The van der Waals surface area contributed by atoms with Crippen LogP contribution in [0.4, 0.5) is 0 Å². The molecule has 0 aromatic carbocycles. The number of hydrogen-bond acceptors (Lipinski definition) is 9. The van der Waals surface area contributed by atoms with Crippen molar-refractivity contribution in [1.82, 2.24) is 24.8 Å². The number of thioether (sulfide) groups is 1. The molecule has 0 fully saturated rings. The Bertz CT molecular complexity index is 824. The summed E-state index contributed by atoms with van der Waals surface area (Å²) in [5, 5.41) is 13.1. The molecule has 0 amide bonds. The third-order valence-electron chi connectivity index (χ3n) is 2.61. The molecule has 3 aromatic heterocycles. The van der Waals surface area contributed by atoms with Gasteiger partial charge in [-0.2, -0.15) is 9.61 Å². The summed E-state index contributed by atoms with van der Waals surface area (Å²) in [4.78, 5) is 17.0. The summed E-state index contributed by atoms with van der Waals surface area (Å²) in [6.45, 7) is 2.20. The lowest BCUT2D eigenvalue weighted by Gasteiger charge is -1.97. The number of nitrogens with zero attached hydrogens (tertiary/aromatic N) is 5. The van der Waals surface area contributed by atoms with Crippen molar-refractivity contribution >= 4 is 28.1 Å². The van der Waals surface area contributed by atoms with Crippen LogP contribution >= 0.6 is 23.1 Å². The Balaban J connectivity index is 1.82. The van der Waals surface area contributed by atoms with Crippen molar-refractivity contribution in [2.24, 2.45) is 5.73 Å².